The quantitative estimate of drug-likeness (QED) is 0.613. The van der Waals surface area contributed by atoms with Gasteiger partial charge in [-0.05, 0) is 32.7 Å². The third-order valence-electron chi connectivity index (χ3n) is 5.01. The molecule has 0 aromatic rings. The Balaban J connectivity index is 0.000000828. The van der Waals surface area contributed by atoms with Crippen molar-refractivity contribution in [1.82, 2.24) is 14.7 Å². The molecule has 0 atom stereocenters. The minimum Gasteiger partial charge on any atom is -0.481 e. The number of carbonyl (C=O) groups excluding carboxylic acids is 2. The van der Waals surface area contributed by atoms with Crippen LogP contribution in [0.4, 0.5) is 0 Å². The summed E-state index contributed by atoms with van der Waals surface area (Å²) in [6, 6.07) is 0.491. The second-order valence-electron chi connectivity index (χ2n) is 7.25. The highest BCUT2D eigenvalue weighted by Crippen LogP contribution is 2.22. The van der Waals surface area contributed by atoms with Gasteiger partial charge in [0.2, 0.25) is 5.91 Å². The molecule has 0 spiro atoms. The van der Waals surface area contributed by atoms with Crippen LogP contribution in [0.3, 0.4) is 0 Å². The Morgan fingerprint density at radius 1 is 1.07 bits per heavy atom. The molecule has 0 bridgehead atoms. The monoisotopic (exact) mass is 386 g/mol. The number of rotatable bonds is 5. The fraction of sp³-hybridized carbons (Fsp3) is 0.833. The van der Waals surface area contributed by atoms with Gasteiger partial charge in [0, 0.05) is 45.2 Å². The first-order valence-electron chi connectivity index (χ1n) is 9.45. The van der Waals surface area contributed by atoms with Gasteiger partial charge < -0.3 is 25.4 Å². The van der Waals surface area contributed by atoms with Crippen LogP contribution in [-0.4, -0.2) is 103 Å². The lowest BCUT2D eigenvalue weighted by Crippen LogP contribution is -2.52. The van der Waals surface area contributed by atoms with Crippen molar-refractivity contribution in [1.29, 1.82) is 0 Å². The number of likely N-dealkylation sites (N-methyl/N-ethyl adjacent to an activating group) is 1. The first-order valence-corrected chi connectivity index (χ1v) is 9.45. The highest BCUT2D eigenvalue weighted by atomic mass is 16.5. The number of carbonyl (C=O) groups is 3. The summed E-state index contributed by atoms with van der Waals surface area (Å²) in [5, 5.41) is 7.42. The minimum atomic E-state index is -0.833. The lowest BCUT2D eigenvalue weighted by atomic mass is 9.90. The number of piperazine rings is 1. The Kier molecular flexibility index (Phi) is 10.3. The number of carboxylic acid groups (broad SMARTS) is 1. The molecule has 1 amide bonds. The molecule has 0 radical (unpaired) electrons. The standard InChI is InChI=1S/C16H30N4O3.C2H4O2/c1-18-7-9-19(10-8-18)15(21)11-20(12-16(22)23-2)14-5-3-13(17)4-6-14;1-2(3)4/h13-14H,3-12,17H2,1-2H3;1H3,(H,3,4). The van der Waals surface area contributed by atoms with E-state index in [0.717, 1.165) is 58.8 Å². The fourth-order valence-electron chi connectivity index (χ4n) is 3.34. The van der Waals surface area contributed by atoms with Gasteiger partial charge in [0.15, 0.2) is 0 Å². The van der Waals surface area contributed by atoms with E-state index in [2.05, 4.69) is 11.9 Å². The third-order valence-corrected chi connectivity index (χ3v) is 5.01. The molecule has 2 fully saturated rings. The molecule has 0 aromatic heterocycles. The maximum atomic E-state index is 12.6. The molecular weight excluding hydrogens is 352 g/mol. The van der Waals surface area contributed by atoms with Crippen LogP contribution >= 0.6 is 0 Å². The van der Waals surface area contributed by atoms with E-state index in [4.69, 9.17) is 20.4 Å². The van der Waals surface area contributed by atoms with Gasteiger partial charge in [0.1, 0.15) is 0 Å². The smallest absolute Gasteiger partial charge is 0.319 e. The van der Waals surface area contributed by atoms with Gasteiger partial charge in [-0.25, -0.2) is 0 Å². The van der Waals surface area contributed by atoms with Crippen molar-refractivity contribution in [2.24, 2.45) is 5.73 Å². The van der Waals surface area contributed by atoms with Gasteiger partial charge in [-0.2, -0.15) is 0 Å². The minimum absolute atomic E-state index is 0.108. The SMILES string of the molecule is CC(=O)O.COC(=O)CN(CC(=O)N1CCN(C)CC1)C1CCC(N)CC1. The zero-order valence-corrected chi connectivity index (χ0v) is 16.7. The van der Waals surface area contributed by atoms with Crippen LogP contribution in [0.1, 0.15) is 32.6 Å². The van der Waals surface area contributed by atoms with E-state index in [1.54, 1.807) is 0 Å². The summed E-state index contributed by atoms with van der Waals surface area (Å²) in [4.78, 5) is 39.4. The van der Waals surface area contributed by atoms with Crippen LogP contribution in [0.5, 0.6) is 0 Å². The maximum absolute atomic E-state index is 12.6. The molecule has 3 N–H and O–H groups in total. The number of hydrogen-bond donors (Lipinski definition) is 2. The number of amides is 1. The van der Waals surface area contributed by atoms with Crippen LogP contribution in [-0.2, 0) is 19.1 Å². The lowest BCUT2D eigenvalue weighted by molar-refractivity contribution is -0.144. The van der Waals surface area contributed by atoms with Crippen LogP contribution in [0.15, 0.2) is 0 Å². The Bertz CT molecular complexity index is 482. The van der Waals surface area contributed by atoms with Crippen molar-refractivity contribution in [3.8, 4) is 0 Å². The highest BCUT2D eigenvalue weighted by Gasteiger charge is 2.29. The molecule has 1 aliphatic heterocycles. The van der Waals surface area contributed by atoms with Gasteiger partial charge in [-0.15, -0.1) is 0 Å². The van der Waals surface area contributed by atoms with E-state index in [0.29, 0.717) is 6.54 Å². The summed E-state index contributed by atoms with van der Waals surface area (Å²) in [6.07, 6.45) is 3.78. The van der Waals surface area contributed by atoms with Gasteiger partial charge in [0.05, 0.1) is 20.2 Å². The van der Waals surface area contributed by atoms with Crippen molar-refractivity contribution >= 4 is 17.8 Å². The molecule has 1 aliphatic carbocycles. The van der Waals surface area contributed by atoms with Crippen molar-refractivity contribution in [3.63, 3.8) is 0 Å². The second-order valence-corrected chi connectivity index (χ2v) is 7.25. The predicted molar refractivity (Wildman–Crippen MR) is 101 cm³/mol. The molecule has 156 valence electrons. The Morgan fingerprint density at radius 2 is 1.59 bits per heavy atom. The molecule has 1 saturated heterocycles. The third kappa shape index (κ3) is 9.16. The van der Waals surface area contributed by atoms with E-state index in [1.807, 2.05) is 9.80 Å². The number of methoxy groups -OCH3 is 1. The van der Waals surface area contributed by atoms with Gasteiger partial charge >= 0.3 is 5.97 Å². The number of carboxylic acids is 1. The van der Waals surface area contributed by atoms with Gasteiger partial charge in [-0.1, -0.05) is 0 Å². The predicted octanol–water partition coefficient (Wildman–Crippen LogP) is -0.404. The Morgan fingerprint density at radius 3 is 2.07 bits per heavy atom. The molecule has 2 rings (SSSR count). The van der Waals surface area contributed by atoms with Crippen LogP contribution < -0.4 is 5.73 Å². The first-order chi connectivity index (χ1) is 12.7. The van der Waals surface area contributed by atoms with Crippen molar-refractivity contribution in [3.05, 3.63) is 0 Å². The average molecular weight is 386 g/mol. The highest BCUT2D eigenvalue weighted by molar-refractivity contribution is 5.79. The molecule has 0 unspecified atom stereocenters. The molecule has 2 aliphatic rings. The van der Waals surface area contributed by atoms with Crippen molar-refractivity contribution in [2.75, 3.05) is 53.4 Å². The molecule has 1 heterocycles. The normalized spacial score (nSPS) is 23.4. The van der Waals surface area contributed by atoms with Gasteiger partial charge in [-0.3, -0.25) is 19.3 Å². The van der Waals surface area contributed by atoms with E-state index in [9.17, 15) is 9.59 Å². The number of ether oxygens (including phenoxy) is 1. The van der Waals surface area contributed by atoms with Crippen LogP contribution in [0, 0.1) is 0 Å². The van der Waals surface area contributed by atoms with E-state index in [-0.39, 0.29) is 30.5 Å². The van der Waals surface area contributed by atoms with E-state index < -0.39 is 5.97 Å². The van der Waals surface area contributed by atoms with E-state index in [1.165, 1.54) is 7.11 Å². The maximum Gasteiger partial charge on any atom is 0.319 e. The number of nitrogens with zero attached hydrogens (tertiary/aromatic N) is 3. The number of hydrogen-bond acceptors (Lipinski definition) is 7. The number of aliphatic carboxylic acids is 1. The zero-order chi connectivity index (χ0) is 20.4. The summed E-state index contributed by atoms with van der Waals surface area (Å²) in [5.74, 6) is -1.01. The molecule has 1 saturated carbocycles. The fourth-order valence-corrected chi connectivity index (χ4v) is 3.34. The largest absolute Gasteiger partial charge is 0.481 e. The van der Waals surface area contributed by atoms with Crippen LogP contribution in [0.25, 0.3) is 0 Å². The number of nitrogens with two attached hydrogens (primary N) is 1. The first kappa shape index (κ1) is 23.3. The summed E-state index contributed by atoms with van der Waals surface area (Å²) in [7, 11) is 3.45. The summed E-state index contributed by atoms with van der Waals surface area (Å²) in [6.45, 7) is 4.88. The summed E-state index contributed by atoms with van der Waals surface area (Å²) in [5.41, 5.74) is 5.97. The molecule has 27 heavy (non-hydrogen) atoms. The summed E-state index contributed by atoms with van der Waals surface area (Å²) < 4.78 is 4.80. The average Bonchev–Trinajstić information content (AvgIpc) is 2.61. The van der Waals surface area contributed by atoms with Gasteiger partial charge in [0.25, 0.3) is 5.97 Å². The second kappa shape index (κ2) is 11.9. The Hall–Kier alpha value is -1.71. The van der Waals surface area contributed by atoms with E-state index >= 15 is 0 Å². The lowest BCUT2D eigenvalue weighted by Gasteiger charge is -2.37. The molecule has 0 aromatic carbocycles. The molecule has 9 nitrogen and oxygen atoms in total. The molecular formula is C18H34N4O5. The topological polar surface area (TPSA) is 116 Å². The molecule has 9 heteroatoms. The van der Waals surface area contributed by atoms with Crippen molar-refractivity contribution < 1.29 is 24.2 Å². The number of esters is 1. The Labute approximate surface area is 161 Å². The zero-order valence-electron chi connectivity index (χ0n) is 16.7. The van der Waals surface area contributed by atoms with Crippen molar-refractivity contribution in [2.45, 2.75) is 44.7 Å². The summed E-state index contributed by atoms with van der Waals surface area (Å²) >= 11 is 0. The van der Waals surface area contributed by atoms with Crippen LogP contribution in [0.2, 0.25) is 0 Å².